The van der Waals surface area contributed by atoms with Crippen LogP contribution in [0.5, 0.6) is 0 Å². The van der Waals surface area contributed by atoms with Gasteiger partial charge in [0.2, 0.25) is 11.8 Å². The molecule has 7 heteroatoms. The molecular weight excluding hydrogens is 334 g/mol. The molecule has 0 bridgehead atoms. The maximum Gasteiger partial charge on any atom is 0.408 e. The number of likely N-dealkylation sites (tertiary alicyclic amines) is 1. The lowest BCUT2D eigenvalue weighted by Gasteiger charge is -2.23. The monoisotopic (exact) mass is 367 g/mol. The second-order valence-corrected chi connectivity index (χ2v) is 8.16. The van der Waals surface area contributed by atoms with E-state index in [1.54, 1.807) is 11.0 Å². The summed E-state index contributed by atoms with van der Waals surface area (Å²) in [6.07, 6.45) is 5.40. The number of nitrogens with one attached hydrogen (secondary N) is 1. The van der Waals surface area contributed by atoms with Crippen molar-refractivity contribution < 1.29 is 19.1 Å². The van der Waals surface area contributed by atoms with Crippen LogP contribution in [0.2, 0.25) is 0 Å². The van der Waals surface area contributed by atoms with Gasteiger partial charge in [-0.1, -0.05) is 26.0 Å². The molecule has 1 saturated heterocycles. The standard InChI is InChI=1S/C19H33N3O4/c1-13(2)12-14(21-18(25)26-19(3,4)5)8-6-10-16(23)22-11-7-9-15(22)17(20)24/h6,8,13-15H,7,9-12H2,1-5H3,(H2,20,24)(H,21,25)/b8-6+/t14-,15-/m1/s1. The lowest BCUT2D eigenvalue weighted by Crippen LogP contribution is -2.43. The van der Waals surface area contributed by atoms with E-state index in [2.05, 4.69) is 19.2 Å². The van der Waals surface area contributed by atoms with Crippen LogP contribution in [0.25, 0.3) is 0 Å². The molecule has 7 nitrogen and oxygen atoms in total. The zero-order valence-electron chi connectivity index (χ0n) is 16.6. The first-order chi connectivity index (χ1) is 12.0. The van der Waals surface area contributed by atoms with Crippen LogP contribution in [0.15, 0.2) is 12.2 Å². The molecule has 0 aromatic rings. The Hall–Kier alpha value is -2.05. The Morgan fingerprint density at radius 3 is 2.50 bits per heavy atom. The predicted molar refractivity (Wildman–Crippen MR) is 100 cm³/mol. The number of nitrogens with two attached hydrogens (primary N) is 1. The first kappa shape index (κ1) is 22.0. The van der Waals surface area contributed by atoms with Crippen molar-refractivity contribution in [2.24, 2.45) is 11.7 Å². The minimum absolute atomic E-state index is 0.122. The van der Waals surface area contributed by atoms with Crippen molar-refractivity contribution >= 4 is 17.9 Å². The van der Waals surface area contributed by atoms with Crippen LogP contribution in [0.3, 0.4) is 0 Å². The van der Waals surface area contributed by atoms with Crippen molar-refractivity contribution in [1.82, 2.24) is 10.2 Å². The molecule has 148 valence electrons. The molecule has 3 N–H and O–H groups in total. The van der Waals surface area contributed by atoms with Gasteiger partial charge >= 0.3 is 6.09 Å². The van der Waals surface area contributed by atoms with Crippen molar-refractivity contribution in [3.63, 3.8) is 0 Å². The van der Waals surface area contributed by atoms with Gasteiger partial charge in [-0.05, 0) is 46.0 Å². The number of ether oxygens (including phenoxy) is 1. The van der Waals surface area contributed by atoms with Crippen molar-refractivity contribution in [3.8, 4) is 0 Å². The second-order valence-electron chi connectivity index (χ2n) is 8.16. The van der Waals surface area contributed by atoms with E-state index in [9.17, 15) is 14.4 Å². The molecule has 0 spiro atoms. The van der Waals surface area contributed by atoms with Crippen LogP contribution in [0, 0.1) is 5.92 Å². The van der Waals surface area contributed by atoms with Crippen LogP contribution in [-0.4, -0.2) is 47.0 Å². The van der Waals surface area contributed by atoms with Crippen LogP contribution in [-0.2, 0) is 14.3 Å². The summed E-state index contributed by atoms with van der Waals surface area (Å²) in [4.78, 5) is 37.3. The fraction of sp³-hybridized carbons (Fsp3) is 0.737. The fourth-order valence-electron chi connectivity index (χ4n) is 2.96. The summed E-state index contributed by atoms with van der Waals surface area (Å²) in [6.45, 7) is 10.1. The van der Waals surface area contributed by atoms with Crippen molar-refractivity contribution in [2.45, 2.75) is 78.0 Å². The van der Waals surface area contributed by atoms with Crippen molar-refractivity contribution in [1.29, 1.82) is 0 Å². The molecular formula is C19H33N3O4. The minimum Gasteiger partial charge on any atom is -0.444 e. The van der Waals surface area contributed by atoms with E-state index in [-0.39, 0.29) is 18.4 Å². The first-order valence-corrected chi connectivity index (χ1v) is 9.24. The van der Waals surface area contributed by atoms with E-state index < -0.39 is 23.6 Å². The third kappa shape index (κ3) is 7.89. The minimum atomic E-state index is -0.564. The molecule has 1 fully saturated rings. The number of rotatable bonds is 7. The Kier molecular flexibility index (Phi) is 8.11. The van der Waals surface area contributed by atoms with Gasteiger partial charge in [-0.2, -0.15) is 0 Å². The summed E-state index contributed by atoms with van der Waals surface area (Å²) >= 11 is 0. The largest absolute Gasteiger partial charge is 0.444 e. The van der Waals surface area contributed by atoms with Gasteiger partial charge in [0.1, 0.15) is 11.6 Å². The molecule has 26 heavy (non-hydrogen) atoms. The zero-order chi connectivity index (χ0) is 19.9. The van der Waals surface area contributed by atoms with Gasteiger partial charge in [0.15, 0.2) is 0 Å². The summed E-state index contributed by atoms with van der Waals surface area (Å²) in [5.74, 6) is -0.208. The smallest absolute Gasteiger partial charge is 0.408 e. The highest BCUT2D eigenvalue weighted by Gasteiger charge is 2.31. The normalized spacial score (nSPS) is 19.0. The number of nitrogens with zero attached hydrogens (tertiary/aromatic N) is 1. The molecule has 0 unspecified atom stereocenters. The van der Waals surface area contributed by atoms with Gasteiger partial charge in [-0.25, -0.2) is 4.79 Å². The van der Waals surface area contributed by atoms with Gasteiger partial charge in [-0.3, -0.25) is 9.59 Å². The maximum atomic E-state index is 12.3. The Balaban J connectivity index is 2.62. The van der Waals surface area contributed by atoms with E-state index in [1.807, 2.05) is 26.8 Å². The average Bonchev–Trinajstić information content (AvgIpc) is 2.93. The quantitative estimate of drug-likeness (QED) is 0.674. The van der Waals surface area contributed by atoms with Crippen LogP contribution in [0.4, 0.5) is 4.79 Å². The molecule has 1 rings (SSSR count). The molecule has 0 aromatic heterocycles. The van der Waals surface area contributed by atoms with Gasteiger partial charge in [0, 0.05) is 13.0 Å². The molecule has 0 aliphatic carbocycles. The molecule has 0 aromatic carbocycles. The molecule has 0 radical (unpaired) electrons. The van der Waals surface area contributed by atoms with E-state index in [1.165, 1.54) is 0 Å². The number of hydrogen-bond acceptors (Lipinski definition) is 4. The summed E-state index contributed by atoms with van der Waals surface area (Å²) in [5.41, 5.74) is 4.79. The number of carbonyl (C=O) groups excluding carboxylic acids is 3. The molecule has 1 aliphatic heterocycles. The topological polar surface area (TPSA) is 102 Å². The molecule has 1 heterocycles. The third-order valence-electron chi connectivity index (χ3n) is 3.99. The van der Waals surface area contributed by atoms with E-state index in [0.717, 1.165) is 12.8 Å². The maximum absolute atomic E-state index is 12.3. The Bertz CT molecular complexity index is 537. The van der Waals surface area contributed by atoms with E-state index >= 15 is 0 Å². The second kappa shape index (κ2) is 9.59. The van der Waals surface area contributed by atoms with Gasteiger partial charge in [0.05, 0.1) is 6.04 Å². The van der Waals surface area contributed by atoms with Crippen molar-refractivity contribution in [2.75, 3.05) is 6.54 Å². The number of carbonyl (C=O) groups is 3. The predicted octanol–water partition coefficient (Wildman–Crippen LogP) is 2.35. The lowest BCUT2D eigenvalue weighted by atomic mass is 10.0. The summed E-state index contributed by atoms with van der Waals surface area (Å²) < 4.78 is 5.29. The Labute approximate surface area is 156 Å². The number of primary amides is 1. The van der Waals surface area contributed by atoms with Gasteiger partial charge in [-0.15, -0.1) is 0 Å². The third-order valence-corrected chi connectivity index (χ3v) is 3.99. The number of hydrogen-bond donors (Lipinski definition) is 2. The highest BCUT2D eigenvalue weighted by Crippen LogP contribution is 2.18. The summed E-state index contributed by atoms with van der Waals surface area (Å²) in [5, 5.41) is 2.83. The highest BCUT2D eigenvalue weighted by molar-refractivity contribution is 5.87. The Morgan fingerprint density at radius 2 is 1.96 bits per heavy atom. The summed E-state index contributed by atoms with van der Waals surface area (Å²) in [6, 6.07) is -0.717. The summed E-state index contributed by atoms with van der Waals surface area (Å²) in [7, 11) is 0. The van der Waals surface area contributed by atoms with E-state index in [4.69, 9.17) is 10.5 Å². The molecule has 0 saturated carbocycles. The van der Waals surface area contributed by atoms with Gasteiger partial charge in [0.25, 0.3) is 0 Å². The van der Waals surface area contributed by atoms with Gasteiger partial charge < -0.3 is 20.7 Å². The zero-order valence-corrected chi connectivity index (χ0v) is 16.6. The number of alkyl carbamates (subject to hydrolysis) is 1. The van der Waals surface area contributed by atoms with E-state index in [0.29, 0.717) is 18.9 Å². The van der Waals surface area contributed by atoms with Crippen molar-refractivity contribution in [3.05, 3.63) is 12.2 Å². The lowest BCUT2D eigenvalue weighted by molar-refractivity contribution is -0.136. The van der Waals surface area contributed by atoms with Crippen LogP contribution >= 0.6 is 0 Å². The highest BCUT2D eigenvalue weighted by atomic mass is 16.6. The first-order valence-electron chi connectivity index (χ1n) is 9.24. The SMILES string of the molecule is CC(C)C[C@@H](/C=C/CC(=O)N1CCC[C@@H]1C(N)=O)NC(=O)OC(C)(C)C. The molecule has 2 atom stereocenters. The van der Waals surface area contributed by atoms with Crippen LogP contribution in [0.1, 0.15) is 60.3 Å². The fourth-order valence-corrected chi connectivity index (χ4v) is 2.96. The Morgan fingerprint density at radius 1 is 1.31 bits per heavy atom. The van der Waals surface area contributed by atoms with Crippen LogP contribution < -0.4 is 11.1 Å². The molecule has 1 aliphatic rings. The molecule has 3 amide bonds. The number of amides is 3. The average molecular weight is 367 g/mol.